The van der Waals surface area contributed by atoms with E-state index in [1.165, 1.54) is 0 Å². The zero-order valence-corrected chi connectivity index (χ0v) is 9.31. The summed E-state index contributed by atoms with van der Waals surface area (Å²) in [5, 5.41) is 0.744. The number of hydrogen-bond donors (Lipinski definition) is 0. The molecule has 1 nitrogen and oxygen atoms in total. The molecule has 1 aromatic rings. The Morgan fingerprint density at radius 2 is 2.23 bits per heavy atom. The summed E-state index contributed by atoms with van der Waals surface area (Å²) in [6, 6.07) is 5.86. The van der Waals surface area contributed by atoms with Crippen molar-refractivity contribution in [1.29, 1.82) is 0 Å². The maximum absolute atomic E-state index is 5.93. The summed E-state index contributed by atoms with van der Waals surface area (Å²) in [7, 11) is 0. The Morgan fingerprint density at radius 3 is 2.85 bits per heavy atom. The van der Waals surface area contributed by atoms with Gasteiger partial charge in [0, 0.05) is 16.1 Å². The summed E-state index contributed by atoms with van der Waals surface area (Å²) in [5.41, 5.74) is 1.12. The molecule has 1 aromatic carbocycles. The first kappa shape index (κ1) is 9.50. The van der Waals surface area contributed by atoms with Gasteiger partial charge in [-0.25, -0.2) is 0 Å². The minimum atomic E-state index is 0.120. The van der Waals surface area contributed by atoms with Crippen LogP contribution < -0.4 is 0 Å². The van der Waals surface area contributed by atoms with Crippen LogP contribution in [-0.2, 0) is 4.74 Å². The summed E-state index contributed by atoms with van der Waals surface area (Å²) >= 11 is 9.34. The fourth-order valence-corrected chi connectivity index (χ4v) is 2.34. The normalized spacial score (nSPS) is 22.2. The van der Waals surface area contributed by atoms with E-state index in [0.717, 1.165) is 28.1 Å². The number of hydrogen-bond acceptors (Lipinski definition) is 1. The van der Waals surface area contributed by atoms with Crippen molar-refractivity contribution in [3.8, 4) is 0 Å². The summed E-state index contributed by atoms with van der Waals surface area (Å²) < 4.78 is 6.51. The largest absolute Gasteiger partial charge is 0.373 e. The smallest absolute Gasteiger partial charge is 0.0858 e. The molecule has 13 heavy (non-hydrogen) atoms. The lowest BCUT2D eigenvalue weighted by Crippen LogP contribution is -1.95. The molecule has 1 saturated heterocycles. The Bertz CT molecular complexity index is 288. The van der Waals surface area contributed by atoms with Crippen molar-refractivity contribution in [2.24, 2.45) is 0 Å². The van der Waals surface area contributed by atoms with E-state index in [4.69, 9.17) is 16.3 Å². The fraction of sp³-hybridized carbons (Fsp3) is 0.300. The zero-order valence-electron chi connectivity index (χ0n) is 6.97. The molecular weight excluding hydrogens is 251 g/mol. The standard InChI is InChI=1S/C10H9BrClO/c11-8-4-7(5-9(12)6-8)10-2-1-3-13-10/h2,4-6,10H,1,3H2. The number of halogens is 2. The monoisotopic (exact) mass is 259 g/mol. The molecule has 0 saturated carbocycles. The van der Waals surface area contributed by atoms with Crippen LogP contribution >= 0.6 is 27.5 Å². The van der Waals surface area contributed by atoms with E-state index < -0.39 is 0 Å². The Labute approximate surface area is 91.2 Å². The predicted molar refractivity (Wildman–Crippen MR) is 56.8 cm³/mol. The highest BCUT2D eigenvalue weighted by atomic mass is 79.9. The molecule has 69 valence electrons. The van der Waals surface area contributed by atoms with Gasteiger partial charge in [-0.15, -0.1) is 0 Å². The van der Waals surface area contributed by atoms with Gasteiger partial charge in [-0.05, 0) is 36.6 Å². The van der Waals surface area contributed by atoms with Crippen molar-refractivity contribution in [2.75, 3.05) is 6.61 Å². The highest BCUT2D eigenvalue weighted by Crippen LogP contribution is 2.31. The Hall–Kier alpha value is -0.0500. The van der Waals surface area contributed by atoms with E-state index >= 15 is 0 Å². The van der Waals surface area contributed by atoms with Crippen LogP contribution in [0, 0.1) is 6.42 Å². The van der Waals surface area contributed by atoms with Crippen molar-refractivity contribution in [1.82, 2.24) is 0 Å². The van der Waals surface area contributed by atoms with Gasteiger partial charge in [0.2, 0.25) is 0 Å². The van der Waals surface area contributed by atoms with Gasteiger partial charge in [-0.3, -0.25) is 0 Å². The minimum absolute atomic E-state index is 0.120. The molecule has 0 N–H and O–H groups in total. The lowest BCUT2D eigenvalue weighted by atomic mass is 10.1. The summed E-state index contributed by atoms with van der Waals surface area (Å²) in [6.07, 6.45) is 3.31. The molecule has 0 amide bonds. The minimum Gasteiger partial charge on any atom is -0.373 e. The molecule has 1 aliphatic rings. The third-order valence-electron chi connectivity index (χ3n) is 2.01. The lowest BCUT2D eigenvalue weighted by Gasteiger charge is -2.10. The van der Waals surface area contributed by atoms with Crippen LogP contribution in [0.2, 0.25) is 5.02 Å². The second kappa shape index (κ2) is 3.99. The second-order valence-corrected chi connectivity index (χ2v) is 4.37. The molecule has 1 aliphatic heterocycles. The van der Waals surface area contributed by atoms with Gasteiger partial charge in [0.1, 0.15) is 0 Å². The van der Waals surface area contributed by atoms with E-state index in [2.05, 4.69) is 22.4 Å². The molecule has 2 rings (SSSR count). The fourth-order valence-electron chi connectivity index (χ4n) is 1.45. The zero-order chi connectivity index (χ0) is 9.26. The lowest BCUT2D eigenvalue weighted by molar-refractivity contribution is 0.124. The van der Waals surface area contributed by atoms with Crippen LogP contribution in [-0.4, -0.2) is 6.61 Å². The van der Waals surface area contributed by atoms with Crippen LogP contribution in [0.4, 0.5) is 0 Å². The molecule has 1 heterocycles. The molecule has 1 atom stereocenters. The third kappa shape index (κ3) is 2.25. The van der Waals surface area contributed by atoms with Crippen LogP contribution in [0.25, 0.3) is 0 Å². The highest BCUT2D eigenvalue weighted by Gasteiger charge is 2.18. The predicted octanol–water partition coefficient (Wildman–Crippen LogP) is 3.77. The van der Waals surface area contributed by atoms with Gasteiger partial charge < -0.3 is 4.74 Å². The van der Waals surface area contributed by atoms with E-state index in [1.54, 1.807) is 0 Å². The van der Waals surface area contributed by atoms with Crippen LogP contribution in [0.5, 0.6) is 0 Å². The molecular formula is C10H9BrClO. The maximum atomic E-state index is 5.93. The quantitative estimate of drug-likeness (QED) is 0.747. The molecule has 1 unspecified atom stereocenters. The molecule has 1 radical (unpaired) electrons. The number of benzene rings is 1. The Morgan fingerprint density at radius 1 is 1.38 bits per heavy atom. The first-order valence-corrected chi connectivity index (χ1v) is 5.34. The molecule has 0 aliphatic carbocycles. The van der Waals surface area contributed by atoms with Crippen molar-refractivity contribution < 1.29 is 4.74 Å². The van der Waals surface area contributed by atoms with Crippen molar-refractivity contribution in [3.63, 3.8) is 0 Å². The van der Waals surface area contributed by atoms with Crippen molar-refractivity contribution in [3.05, 3.63) is 39.7 Å². The second-order valence-electron chi connectivity index (χ2n) is 3.02. The van der Waals surface area contributed by atoms with E-state index in [0.29, 0.717) is 0 Å². The highest BCUT2D eigenvalue weighted by molar-refractivity contribution is 9.10. The van der Waals surface area contributed by atoms with Crippen LogP contribution in [0.3, 0.4) is 0 Å². The van der Waals surface area contributed by atoms with E-state index in [-0.39, 0.29) is 6.10 Å². The van der Waals surface area contributed by atoms with Gasteiger partial charge in [0.15, 0.2) is 0 Å². The summed E-state index contributed by atoms with van der Waals surface area (Å²) in [6.45, 7) is 0.814. The summed E-state index contributed by atoms with van der Waals surface area (Å²) in [4.78, 5) is 0. The molecule has 0 bridgehead atoms. The third-order valence-corrected chi connectivity index (χ3v) is 2.69. The van der Waals surface area contributed by atoms with Gasteiger partial charge in [0.05, 0.1) is 6.10 Å². The number of ether oxygens (including phenoxy) is 1. The van der Waals surface area contributed by atoms with Gasteiger partial charge >= 0.3 is 0 Å². The molecule has 3 heteroatoms. The average Bonchev–Trinajstić information content (AvgIpc) is 2.53. The molecule has 0 aromatic heterocycles. The summed E-state index contributed by atoms with van der Waals surface area (Å²) in [5.74, 6) is 0. The van der Waals surface area contributed by atoms with Crippen LogP contribution in [0.1, 0.15) is 18.1 Å². The van der Waals surface area contributed by atoms with Gasteiger partial charge in [0.25, 0.3) is 0 Å². The first-order valence-electron chi connectivity index (χ1n) is 4.16. The van der Waals surface area contributed by atoms with Gasteiger partial charge in [-0.2, -0.15) is 0 Å². The topological polar surface area (TPSA) is 9.23 Å². The average molecular weight is 261 g/mol. The van der Waals surface area contributed by atoms with Crippen LogP contribution in [0.15, 0.2) is 22.7 Å². The van der Waals surface area contributed by atoms with Crippen molar-refractivity contribution >= 4 is 27.5 Å². The first-order chi connectivity index (χ1) is 6.25. The van der Waals surface area contributed by atoms with Gasteiger partial charge in [-0.1, -0.05) is 27.5 Å². The molecule has 1 fully saturated rings. The number of rotatable bonds is 1. The Balaban J connectivity index is 2.28. The van der Waals surface area contributed by atoms with E-state index in [1.807, 2.05) is 18.2 Å². The van der Waals surface area contributed by atoms with E-state index in [9.17, 15) is 0 Å². The Kier molecular flexibility index (Phi) is 2.92. The molecule has 0 spiro atoms. The SMILES string of the molecule is Clc1cc(Br)cc(C2[CH]CCO2)c1. The maximum Gasteiger partial charge on any atom is 0.0858 e. The van der Waals surface area contributed by atoms with Crippen molar-refractivity contribution in [2.45, 2.75) is 12.5 Å².